The summed E-state index contributed by atoms with van der Waals surface area (Å²) in [6.07, 6.45) is 5.29. The summed E-state index contributed by atoms with van der Waals surface area (Å²) in [6, 6.07) is 8.44. The lowest BCUT2D eigenvalue weighted by Gasteiger charge is -2.20. The SMILES string of the molecule is CCCNCC1CCCC1c1ccc(Cl)cc1. The Hall–Kier alpha value is -0.530. The highest BCUT2D eigenvalue weighted by Crippen LogP contribution is 2.39. The van der Waals surface area contributed by atoms with Gasteiger partial charge in [-0.05, 0) is 61.9 Å². The van der Waals surface area contributed by atoms with Crippen molar-refractivity contribution in [2.75, 3.05) is 13.1 Å². The van der Waals surface area contributed by atoms with Crippen molar-refractivity contribution in [3.05, 3.63) is 34.9 Å². The van der Waals surface area contributed by atoms with Crippen molar-refractivity contribution in [3.63, 3.8) is 0 Å². The van der Waals surface area contributed by atoms with Gasteiger partial charge in [-0.15, -0.1) is 0 Å². The van der Waals surface area contributed by atoms with E-state index in [1.54, 1.807) is 0 Å². The lowest BCUT2D eigenvalue weighted by Crippen LogP contribution is -2.25. The molecule has 0 saturated heterocycles. The fourth-order valence-corrected chi connectivity index (χ4v) is 3.02. The van der Waals surface area contributed by atoms with E-state index in [0.717, 1.165) is 23.4 Å². The summed E-state index contributed by atoms with van der Waals surface area (Å²) in [5.74, 6) is 1.54. The van der Waals surface area contributed by atoms with Gasteiger partial charge in [-0.1, -0.05) is 37.1 Å². The van der Waals surface area contributed by atoms with Crippen molar-refractivity contribution in [2.45, 2.75) is 38.5 Å². The number of hydrogen-bond acceptors (Lipinski definition) is 1. The van der Waals surface area contributed by atoms with E-state index in [9.17, 15) is 0 Å². The van der Waals surface area contributed by atoms with Crippen molar-refractivity contribution in [1.82, 2.24) is 5.32 Å². The number of halogens is 1. The van der Waals surface area contributed by atoms with Gasteiger partial charge in [-0.3, -0.25) is 0 Å². The van der Waals surface area contributed by atoms with Crippen molar-refractivity contribution in [2.24, 2.45) is 5.92 Å². The monoisotopic (exact) mass is 251 g/mol. The van der Waals surface area contributed by atoms with E-state index in [0.29, 0.717) is 0 Å². The lowest BCUT2D eigenvalue weighted by molar-refractivity contribution is 0.444. The van der Waals surface area contributed by atoms with Crippen molar-refractivity contribution in [1.29, 1.82) is 0 Å². The van der Waals surface area contributed by atoms with E-state index in [1.165, 1.54) is 37.8 Å². The molecule has 0 spiro atoms. The standard InChI is InChI=1S/C15H22ClN/c1-2-10-17-11-13-4-3-5-15(13)12-6-8-14(16)9-7-12/h6-9,13,15,17H,2-5,10-11H2,1H3. The van der Waals surface area contributed by atoms with Crippen LogP contribution in [0.1, 0.15) is 44.1 Å². The van der Waals surface area contributed by atoms with Crippen LogP contribution in [0.15, 0.2) is 24.3 Å². The van der Waals surface area contributed by atoms with Crippen LogP contribution in [-0.2, 0) is 0 Å². The van der Waals surface area contributed by atoms with Gasteiger partial charge in [-0.2, -0.15) is 0 Å². The second-order valence-electron chi connectivity index (χ2n) is 5.05. The molecule has 1 aliphatic rings. The largest absolute Gasteiger partial charge is 0.316 e. The van der Waals surface area contributed by atoms with Crippen LogP contribution in [0.3, 0.4) is 0 Å². The van der Waals surface area contributed by atoms with Gasteiger partial charge in [0.25, 0.3) is 0 Å². The van der Waals surface area contributed by atoms with Gasteiger partial charge in [0.05, 0.1) is 0 Å². The van der Waals surface area contributed by atoms with E-state index in [2.05, 4.69) is 24.4 Å². The Bertz CT molecular complexity index is 333. The molecule has 1 aromatic rings. The third-order valence-electron chi connectivity index (χ3n) is 3.79. The molecule has 1 N–H and O–H groups in total. The van der Waals surface area contributed by atoms with Gasteiger partial charge >= 0.3 is 0 Å². The number of benzene rings is 1. The Kier molecular flexibility index (Phi) is 4.87. The highest BCUT2D eigenvalue weighted by atomic mass is 35.5. The van der Waals surface area contributed by atoms with Crippen molar-refractivity contribution < 1.29 is 0 Å². The molecule has 0 radical (unpaired) electrons. The molecule has 2 heteroatoms. The maximum Gasteiger partial charge on any atom is 0.0406 e. The van der Waals surface area contributed by atoms with Crippen LogP contribution in [0.2, 0.25) is 5.02 Å². The molecular weight excluding hydrogens is 230 g/mol. The van der Waals surface area contributed by atoms with E-state index >= 15 is 0 Å². The fraction of sp³-hybridized carbons (Fsp3) is 0.600. The summed E-state index contributed by atoms with van der Waals surface area (Å²) in [4.78, 5) is 0. The molecule has 94 valence electrons. The van der Waals surface area contributed by atoms with E-state index in [-0.39, 0.29) is 0 Å². The Morgan fingerprint density at radius 3 is 2.71 bits per heavy atom. The molecular formula is C15H22ClN. The zero-order chi connectivity index (χ0) is 12.1. The van der Waals surface area contributed by atoms with E-state index in [4.69, 9.17) is 11.6 Å². The first-order valence-electron chi connectivity index (χ1n) is 6.77. The van der Waals surface area contributed by atoms with Crippen LogP contribution in [0.4, 0.5) is 0 Å². The smallest absolute Gasteiger partial charge is 0.0406 e. The predicted molar refractivity (Wildman–Crippen MR) is 74.7 cm³/mol. The van der Waals surface area contributed by atoms with E-state index in [1.807, 2.05) is 12.1 Å². The van der Waals surface area contributed by atoms with Crippen LogP contribution >= 0.6 is 11.6 Å². The second-order valence-corrected chi connectivity index (χ2v) is 5.49. The normalized spacial score (nSPS) is 24.1. The molecule has 0 aliphatic heterocycles. The van der Waals surface area contributed by atoms with Crippen LogP contribution in [-0.4, -0.2) is 13.1 Å². The highest BCUT2D eigenvalue weighted by molar-refractivity contribution is 6.30. The Morgan fingerprint density at radius 1 is 1.24 bits per heavy atom. The fourth-order valence-electron chi connectivity index (χ4n) is 2.89. The van der Waals surface area contributed by atoms with E-state index < -0.39 is 0 Å². The van der Waals surface area contributed by atoms with Crippen LogP contribution < -0.4 is 5.32 Å². The average molecular weight is 252 g/mol. The van der Waals surface area contributed by atoms with Gasteiger partial charge in [0.1, 0.15) is 0 Å². The van der Waals surface area contributed by atoms with Crippen molar-refractivity contribution >= 4 is 11.6 Å². The van der Waals surface area contributed by atoms with Crippen LogP contribution in [0, 0.1) is 5.92 Å². The summed E-state index contributed by atoms with van der Waals surface area (Å²) < 4.78 is 0. The summed E-state index contributed by atoms with van der Waals surface area (Å²) >= 11 is 5.94. The topological polar surface area (TPSA) is 12.0 Å². The first-order chi connectivity index (χ1) is 8.31. The Morgan fingerprint density at radius 2 is 2.00 bits per heavy atom. The summed E-state index contributed by atoms with van der Waals surface area (Å²) in [5, 5.41) is 4.40. The summed E-state index contributed by atoms with van der Waals surface area (Å²) in [6.45, 7) is 4.53. The zero-order valence-electron chi connectivity index (χ0n) is 10.6. The van der Waals surface area contributed by atoms with Gasteiger partial charge < -0.3 is 5.32 Å². The first-order valence-corrected chi connectivity index (χ1v) is 7.15. The van der Waals surface area contributed by atoms with Crippen molar-refractivity contribution in [3.8, 4) is 0 Å². The summed E-state index contributed by atoms with van der Waals surface area (Å²) in [5.41, 5.74) is 1.47. The molecule has 2 atom stereocenters. The van der Waals surface area contributed by atoms with Crippen LogP contribution in [0.25, 0.3) is 0 Å². The molecule has 1 aliphatic carbocycles. The summed E-state index contributed by atoms with van der Waals surface area (Å²) in [7, 11) is 0. The number of nitrogens with one attached hydrogen (secondary N) is 1. The molecule has 2 rings (SSSR count). The van der Waals surface area contributed by atoms with Gasteiger partial charge in [0.15, 0.2) is 0 Å². The third kappa shape index (κ3) is 3.46. The average Bonchev–Trinajstić information content (AvgIpc) is 2.79. The molecule has 0 amide bonds. The number of rotatable bonds is 5. The maximum absolute atomic E-state index is 5.94. The Balaban J connectivity index is 1.96. The van der Waals surface area contributed by atoms with Gasteiger partial charge in [-0.25, -0.2) is 0 Å². The molecule has 2 unspecified atom stereocenters. The number of hydrogen-bond donors (Lipinski definition) is 1. The molecule has 0 bridgehead atoms. The minimum Gasteiger partial charge on any atom is -0.316 e. The van der Waals surface area contributed by atoms with Crippen LogP contribution in [0.5, 0.6) is 0 Å². The minimum absolute atomic E-state index is 0.733. The van der Waals surface area contributed by atoms with Gasteiger partial charge in [0.2, 0.25) is 0 Å². The minimum atomic E-state index is 0.733. The highest BCUT2D eigenvalue weighted by Gasteiger charge is 2.27. The predicted octanol–water partition coefficient (Wildman–Crippen LogP) is 4.22. The molecule has 1 nitrogen and oxygen atoms in total. The maximum atomic E-state index is 5.94. The van der Waals surface area contributed by atoms with Gasteiger partial charge in [0, 0.05) is 5.02 Å². The second kappa shape index (κ2) is 6.42. The quantitative estimate of drug-likeness (QED) is 0.773. The Labute approximate surface area is 110 Å². The molecule has 17 heavy (non-hydrogen) atoms. The molecule has 0 heterocycles. The molecule has 1 aromatic carbocycles. The molecule has 1 saturated carbocycles. The molecule has 1 fully saturated rings. The lowest BCUT2D eigenvalue weighted by atomic mass is 9.89. The first kappa shape index (κ1) is 12.9. The zero-order valence-corrected chi connectivity index (χ0v) is 11.3. The third-order valence-corrected chi connectivity index (χ3v) is 4.04. The molecule has 0 aromatic heterocycles.